The molecule has 13 aromatic rings. The van der Waals surface area contributed by atoms with E-state index < -0.39 is 0 Å². The molecule has 0 N–H and O–H groups in total. The van der Waals surface area contributed by atoms with E-state index in [1.807, 2.05) is 42.5 Å². The minimum atomic E-state index is -0.0722. The fraction of sp³-hybridized carbons (Fsp3) is 0.0500. The van der Waals surface area contributed by atoms with Gasteiger partial charge in [-0.15, -0.1) is 11.3 Å². The number of nitrogens with zero attached hydrogens (tertiary/aromatic N) is 3. The summed E-state index contributed by atoms with van der Waals surface area (Å²) in [6.07, 6.45) is 0. The number of thiophene rings is 1. The number of fused-ring (bicyclic) bond motifs is 12. The summed E-state index contributed by atoms with van der Waals surface area (Å²) in [6.45, 7) is 4.67. The van der Waals surface area contributed by atoms with Gasteiger partial charge in [-0.05, 0) is 93.0 Å². The summed E-state index contributed by atoms with van der Waals surface area (Å²) in [5.74, 6) is 1.75. The third-order valence-corrected chi connectivity index (χ3v) is 14.9. The van der Waals surface area contributed by atoms with Crippen LogP contribution in [0, 0.1) is 0 Å². The average molecular weight is 864 g/mol. The Morgan fingerprint density at radius 3 is 1.67 bits per heavy atom. The Bertz CT molecular complexity index is 4040. The Morgan fingerprint density at radius 2 is 0.879 bits per heavy atom. The van der Waals surface area contributed by atoms with Crippen LogP contribution in [0.3, 0.4) is 0 Å². The van der Waals surface area contributed by atoms with Gasteiger partial charge in [-0.1, -0.05) is 153 Å². The normalized spacial score (nSPS) is 13.1. The van der Waals surface area contributed by atoms with Crippen molar-refractivity contribution in [3.63, 3.8) is 0 Å². The lowest BCUT2D eigenvalue weighted by atomic mass is 9.82. The van der Waals surface area contributed by atoms with Crippen LogP contribution < -0.4 is 0 Å². The maximum Gasteiger partial charge on any atom is 0.164 e. The third-order valence-electron chi connectivity index (χ3n) is 13.8. The van der Waals surface area contributed by atoms with Crippen LogP contribution in [0.1, 0.15) is 25.0 Å². The molecule has 9 aromatic carbocycles. The second-order valence-corrected chi connectivity index (χ2v) is 18.9. The van der Waals surface area contributed by atoms with Crippen molar-refractivity contribution in [1.29, 1.82) is 0 Å². The number of benzene rings is 9. The van der Waals surface area contributed by atoms with Crippen LogP contribution in [0.15, 0.2) is 197 Å². The topological polar surface area (TPSA) is 65.0 Å². The standard InChI is InChI=1S/C60H37N3O2S/c1-60(2)45-23-6-3-16-38(45)53-37(19-10-24-46(53)60)36-15-9-14-34(32-36)35-30-31-48-44(33-35)55-42(21-12-27-50(55)65-48)58-61-57(41-20-11-26-49-54(41)39-17-4-7-25-47(39)64-49)62-59(63-58)43-22-13-29-52-56(43)40-18-5-8-28-51(40)66-52/h3-33H,1-2H3. The van der Waals surface area contributed by atoms with Crippen LogP contribution in [-0.2, 0) is 5.41 Å². The van der Waals surface area contributed by atoms with E-state index in [9.17, 15) is 0 Å². The molecule has 0 amide bonds. The van der Waals surface area contributed by atoms with Crippen molar-refractivity contribution in [3.8, 4) is 67.5 Å². The van der Waals surface area contributed by atoms with Crippen LogP contribution in [-0.4, -0.2) is 15.0 Å². The molecule has 1 aliphatic rings. The van der Waals surface area contributed by atoms with Gasteiger partial charge >= 0.3 is 0 Å². The van der Waals surface area contributed by atoms with E-state index in [2.05, 4.69) is 159 Å². The summed E-state index contributed by atoms with van der Waals surface area (Å²) in [4.78, 5) is 16.1. The molecular formula is C60H37N3O2S. The van der Waals surface area contributed by atoms with Crippen LogP contribution in [0.25, 0.3) is 132 Å². The number of hydrogen-bond acceptors (Lipinski definition) is 6. The minimum absolute atomic E-state index is 0.0722. The Morgan fingerprint density at radius 1 is 0.364 bits per heavy atom. The third kappa shape index (κ3) is 5.42. The van der Waals surface area contributed by atoms with Crippen molar-refractivity contribution in [2.24, 2.45) is 0 Å². The number of para-hydroxylation sites is 1. The van der Waals surface area contributed by atoms with Crippen molar-refractivity contribution in [2.45, 2.75) is 19.3 Å². The predicted octanol–water partition coefficient (Wildman–Crippen LogP) is 16.7. The van der Waals surface area contributed by atoms with E-state index in [0.29, 0.717) is 17.5 Å². The first-order valence-electron chi connectivity index (χ1n) is 22.3. The first-order valence-corrected chi connectivity index (χ1v) is 23.2. The van der Waals surface area contributed by atoms with Gasteiger partial charge in [0.05, 0.1) is 0 Å². The molecule has 0 fully saturated rings. The summed E-state index contributed by atoms with van der Waals surface area (Å²) >= 11 is 1.79. The van der Waals surface area contributed by atoms with Crippen LogP contribution in [0.2, 0.25) is 0 Å². The summed E-state index contributed by atoms with van der Waals surface area (Å²) in [6, 6.07) is 66.5. The van der Waals surface area contributed by atoms with Crippen molar-refractivity contribution < 1.29 is 8.83 Å². The maximum atomic E-state index is 6.64. The first-order chi connectivity index (χ1) is 32.5. The lowest BCUT2D eigenvalue weighted by Gasteiger charge is -2.21. The molecule has 0 atom stereocenters. The van der Waals surface area contributed by atoms with Crippen LogP contribution in [0.5, 0.6) is 0 Å². The van der Waals surface area contributed by atoms with Gasteiger partial charge in [-0.3, -0.25) is 0 Å². The quantitative estimate of drug-likeness (QED) is 0.172. The van der Waals surface area contributed by atoms with Gasteiger partial charge in [-0.2, -0.15) is 0 Å². The second kappa shape index (κ2) is 13.9. The Kier molecular flexibility index (Phi) is 7.84. The zero-order valence-electron chi connectivity index (χ0n) is 36.0. The lowest BCUT2D eigenvalue weighted by Crippen LogP contribution is -2.14. The van der Waals surface area contributed by atoms with E-state index in [4.69, 9.17) is 23.8 Å². The molecule has 310 valence electrons. The van der Waals surface area contributed by atoms with E-state index in [1.54, 1.807) is 11.3 Å². The van der Waals surface area contributed by atoms with Crippen molar-refractivity contribution >= 4 is 75.4 Å². The zero-order chi connectivity index (χ0) is 43.7. The number of rotatable bonds is 5. The molecule has 14 rings (SSSR count). The van der Waals surface area contributed by atoms with Crippen molar-refractivity contribution in [2.75, 3.05) is 0 Å². The Hall–Kier alpha value is -8.19. The molecule has 4 aromatic heterocycles. The molecule has 0 saturated heterocycles. The molecular weight excluding hydrogens is 827 g/mol. The first kappa shape index (κ1) is 37.2. The van der Waals surface area contributed by atoms with Crippen molar-refractivity contribution in [3.05, 3.63) is 199 Å². The maximum absolute atomic E-state index is 6.64. The fourth-order valence-electron chi connectivity index (χ4n) is 10.7. The smallest absolute Gasteiger partial charge is 0.164 e. The molecule has 0 spiro atoms. The Labute approximate surface area is 383 Å². The van der Waals surface area contributed by atoms with Gasteiger partial charge < -0.3 is 8.83 Å². The van der Waals surface area contributed by atoms with E-state index in [1.165, 1.54) is 48.2 Å². The minimum Gasteiger partial charge on any atom is -0.456 e. The second-order valence-electron chi connectivity index (χ2n) is 17.8. The lowest BCUT2D eigenvalue weighted by molar-refractivity contribution is 0.660. The average Bonchev–Trinajstić information content (AvgIpc) is 4.12. The molecule has 0 radical (unpaired) electrons. The van der Waals surface area contributed by atoms with Gasteiger partial charge in [0.1, 0.15) is 22.3 Å². The van der Waals surface area contributed by atoms with E-state index in [0.717, 1.165) is 77.1 Å². The molecule has 1 aliphatic carbocycles. The van der Waals surface area contributed by atoms with Crippen LogP contribution in [0.4, 0.5) is 0 Å². The molecule has 0 bridgehead atoms. The summed E-state index contributed by atoms with van der Waals surface area (Å²) in [5.41, 5.74) is 15.9. The van der Waals surface area contributed by atoms with Gasteiger partial charge in [0.2, 0.25) is 0 Å². The molecule has 4 heterocycles. The number of hydrogen-bond donors (Lipinski definition) is 0. The molecule has 5 nitrogen and oxygen atoms in total. The molecule has 6 heteroatoms. The zero-order valence-corrected chi connectivity index (χ0v) is 36.8. The van der Waals surface area contributed by atoms with Gasteiger partial charge in [0.15, 0.2) is 17.5 Å². The van der Waals surface area contributed by atoms with E-state index >= 15 is 0 Å². The summed E-state index contributed by atoms with van der Waals surface area (Å²) < 4.78 is 15.4. The summed E-state index contributed by atoms with van der Waals surface area (Å²) in [7, 11) is 0. The van der Waals surface area contributed by atoms with Crippen LogP contribution >= 0.6 is 11.3 Å². The highest BCUT2D eigenvalue weighted by Crippen LogP contribution is 2.52. The molecule has 0 saturated carbocycles. The van der Waals surface area contributed by atoms with Crippen molar-refractivity contribution in [1.82, 2.24) is 15.0 Å². The highest BCUT2D eigenvalue weighted by Gasteiger charge is 2.36. The predicted molar refractivity (Wildman–Crippen MR) is 272 cm³/mol. The number of furan rings is 2. The van der Waals surface area contributed by atoms with E-state index in [-0.39, 0.29) is 5.41 Å². The monoisotopic (exact) mass is 863 g/mol. The highest BCUT2D eigenvalue weighted by molar-refractivity contribution is 7.25. The SMILES string of the molecule is CC1(C)c2ccccc2-c2c(-c3cccc(-c4ccc5oc6cccc(-c7nc(-c8cccc9oc%10ccccc%10c89)nc(-c8cccc9sc%10ccccc%10c89)n7)c6c5c4)c3)cccc21. The van der Waals surface area contributed by atoms with Gasteiger partial charge in [-0.25, -0.2) is 15.0 Å². The molecule has 0 unspecified atom stereocenters. The fourth-order valence-corrected chi connectivity index (χ4v) is 11.8. The van der Waals surface area contributed by atoms with Gasteiger partial charge in [0.25, 0.3) is 0 Å². The van der Waals surface area contributed by atoms with Gasteiger partial charge in [0, 0.05) is 63.8 Å². The Balaban J connectivity index is 0.971. The highest BCUT2D eigenvalue weighted by atomic mass is 32.1. The molecule has 0 aliphatic heterocycles. The molecule has 66 heavy (non-hydrogen) atoms. The summed E-state index contributed by atoms with van der Waals surface area (Å²) in [5, 5.41) is 6.27. The largest absolute Gasteiger partial charge is 0.456 e. The number of aromatic nitrogens is 3.